The van der Waals surface area contributed by atoms with Crippen LogP contribution in [0.5, 0.6) is 0 Å². The molecule has 0 aliphatic carbocycles. The summed E-state index contributed by atoms with van der Waals surface area (Å²) >= 11 is 0. The second-order valence-electron chi connectivity index (χ2n) is 13.7. The zero-order valence-electron chi connectivity index (χ0n) is 27.4. The minimum atomic E-state index is -2.04. The molecule has 2 nitrogen and oxygen atoms in total. The molecule has 0 aliphatic rings. The molecule has 0 saturated heterocycles. The van der Waals surface area contributed by atoms with Gasteiger partial charge >= 0.3 is 0 Å². The molecule has 38 heavy (non-hydrogen) atoms. The monoisotopic (exact) mass is 552 g/mol. The lowest BCUT2D eigenvalue weighted by molar-refractivity contribution is 0.143. The number of hydrogen-bond acceptors (Lipinski definition) is 2. The van der Waals surface area contributed by atoms with E-state index in [-0.39, 0.29) is 0 Å². The van der Waals surface area contributed by atoms with Gasteiger partial charge in [0.2, 0.25) is 0 Å². The second-order valence-corrected chi connectivity index (χ2v) is 24.8. The Morgan fingerprint density at radius 1 is 0.447 bits per heavy atom. The van der Waals surface area contributed by atoms with E-state index in [2.05, 4.69) is 130 Å². The Balaban J connectivity index is 7.99. The summed E-state index contributed by atoms with van der Waals surface area (Å²) < 4.78 is 0. The topological polar surface area (TPSA) is 40.5 Å². The smallest absolute Gasteiger partial charge is 0.146 e. The van der Waals surface area contributed by atoms with Crippen LogP contribution in [0.4, 0.5) is 0 Å². The molecule has 0 unspecified atom stereocenters. The summed E-state index contributed by atoms with van der Waals surface area (Å²) in [6.45, 7) is 34.2. The van der Waals surface area contributed by atoms with E-state index in [1.807, 2.05) is 0 Å². The average molecular weight is 553 g/mol. The van der Waals surface area contributed by atoms with Crippen molar-refractivity contribution in [3.05, 3.63) is 11.1 Å². The molecular formula is C34H56O2Si2. The van der Waals surface area contributed by atoms with Crippen LogP contribution >= 0.6 is 0 Å². The molecule has 0 atom stereocenters. The van der Waals surface area contributed by atoms with Crippen molar-refractivity contribution in [2.75, 3.05) is 0 Å². The Labute approximate surface area is 238 Å². The first-order valence-corrected chi connectivity index (χ1v) is 18.8. The Morgan fingerprint density at radius 3 is 0.842 bits per heavy atom. The van der Waals surface area contributed by atoms with Crippen LogP contribution in [0.1, 0.15) is 111 Å². The van der Waals surface area contributed by atoms with Crippen molar-refractivity contribution < 1.29 is 10.2 Å². The Kier molecular flexibility index (Phi) is 13.5. The van der Waals surface area contributed by atoms with Gasteiger partial charge in [-0.1, -0.05) is 119 Å². The third-order valence-electron chi connectivity index (χ3n) is 7.78. The number of allylic oxidation sites excluding steroid dienone is 2. The molecule has 0 saturated carbocycles. The largest absolute Gasteiger partial charge is 0.378 e. The van der Waals surface area contributed by atoms with Gasteiger partial charge in [-0.3, -0.25) is 0 Å². The van der Waals surface area contributed by atoms with Crippen LogP contribution in [0, 0.1) is 46.6 Å². The van der Waals surface area contributed by atoms with E-state index in [1.165, 1.54) is 0 Å². The molecule has 0 bridgehead atoms. The first kappa shape index (κ1) is 36.3. The van der Waals surface area contributed by atoms with Crippen LogP contribution in [0.3, 0.4) is 0 Å². The first-order chi connectivity index (χ1) is 17.0. The molecule has 0 amide bonds. The van der Waals surface area contributed by atoms with Crippen LogP contribution in [0.2, 0.25) is 33.2 Å². The summed E-state index contributed by atoms with van der Waals surface area (Å²) in [4.78, 5) is 0. The highest BCUT2D eigenvalue weighted by Gasteiger charge is 2.43. The van der Waals surface area contributed by atoms with Crippen LogP contribution in [0.15, 0.2) is 11.1 Å². The van der Waals surface area contributed by atoms with E-state index in [4.69, 9.17) is 0 Å². The highest BCUT2D eigenvalue weighted by molar-refractivity contribution is 6.91. The van der Waals surface area contributed by atoms with Crippen molar-refractivity contribution in [1.29, 1.82) is 0 Å². The van der Waals surface area contributed by atoms with Crippen LogP contribution in [0.25, 0.3) is 0 Å². The van der Waals surface area contributed by atoms with Gasteiger partial charge < -0.3 is 10.2 Å². The molecule has 2 N–H and O–H groups in total. The van der Waals surface area contributed by atoms with Crippen molar-refractivity contribution >= 4 is 16.1 Å². The lowest BCUT2D eigenvalue weighted by atomic mass is 10.1. The first-order valence-electron chi connectivity index (χ1n) is 14.4. The van der Waals surface area contributed by atoms with E-state index in [9.17, 15) is 10.2 Å². The molecule has 4 heteroatoms. The van der Waals surface area contributed by atoms with Crippen molar-refractivity contribution in [2.24, 2.45) is 0 Å². The summed E-state index contributed by atoms with van der Waals surface area (Å²) in [6.07, 6.45) is 0. The van der Waals surface area contributed by atoms with Crippen molar-refractivity contribution in [1.82, 2.24) is 0 Å². The summed E-state index contributed by atoms with van der Waals surface area (Å²) in [5.74, 6) is 19.1. The maximum atomic E-state index is 10.4. The fraction of sp³-hybridized carbons (Fsp3) is 0.706. The van der Waals surface area contributed by atoms with Crippen LogP contribution in [-0.4, -0.2) is 37.6 Å². The van der Waals surface area contributed by atoms with E-state index in [0.29, 0.717) is 44.4 Å². The normalized spacial score (nSPS) is 12.5. The van der Waals surface area contributed by atoms with Gasteiger partial charge in [0, 0.05) is 0 Å². The molecule has 0 radical (unpaired) electrons. The predicted molar refractivity (Wildman–Crippen MR) is 173 cm³/mol. The van der Waals surface area contributed by atoms with Crippen molar-refractivity contribution in [3.8, 4) is 46.6 Å². The van der Waals surface area contributed by atoms with Gasteiger partial charge in [-0.05, 0) is 60.9 Å². The van der Waals surface area contributed by atoms with Gasteiger partial charge in [-0.15, -0.1) is 11.1 Å². The van der Waals surface area contributed by atoms with E-state index >= 15 is 0 Å². The van der Waals surface area contributed by atoms with Crippen LogP contribution in [-0.2, 0) is 0 Å². The Bertz CT molecular complexity index is 946. The molecular weight excluding hydrogens is 497 g/mol. The van der Waals surface area contributed by atoms with Gasteiger partial charge in [0.1, 0.15) is 27.3 Å². The highest BCUT2D eigenvalue weighted by Crippen LogP contribution is 2.42. The quantitative estimate of drug-likeness (QED) is 0.257. The number of aliphatic hydroxyl groups is 2. The van der Waals surface area contributed by atoms with Crippen molar-refractivity contribution in [2.45, 2.75) is 155 Å². The lowest BCUT2D eigenvalue weighted by Gasteiger charge is -2.38. The lowest BCUT2D eigenvalue weighted by Crippen LogP contribution is -2.43. The third kappa shape index (κ3) is 9.82. The summed E-state index contributed by atoms with van der Waals surface area (Å²) in [7, 11) is -4.09. The molecule has 0 aliphatic heterocycles. The van der Waals surface area contributed by atoms with E-state index < -0.39 is 27.3 Å². The summed E-state index contributed by atoms with van der Waals surface area (Å²) in [5, 5.41) is 20.8. The number of hydrogen-bond donors (Lipinski definition) is 2. The molecule has 0 heterocycles. The van der Waals surface area contributed by atoms with E-state index in [1.54, 1.807) is 27.7 Å². The Hall–Kier alpha value is -1.67. The minimum absolute atomic E-state index is 0.479. The zero-order chi connectivity index (χ0) is 30.3. The maximum absolute atomic E-state index is 10.4. The Morgan fingerprint density at radius 2 is 0.658 bits per heavy atom. The number of rotatable bonds is 6. The molecule has 0 aromatic carbocycles. The fourth-order valence-corrected chi connectivity index (χ4v) is 16.4. The molecule has 212 valence electrons. The van der Waals surface area contributed by atoms with E-state index in [0.717, 1.165) is 0 Å². The molecule has 0 rings (SSSR count). The van der Waals surface area contributed by atoms with Crippen LogP contribution < -0.4 is 0 Å². The fourth-order valence-electron chi connectivity index (χ4n) is 5.95. The zero-order valence-corrected chi connectivity index (χ0v) is 29.4. The van der Waals surface area contributed by atoms with Gasteiger partial charge in [0.05, 0.1) is 11.1 Å². The SMILES string of the molecule is CC(C)[Si](C#CC(C#C[Si](C(C)C)(C(C)C)C(C)C)=C(C#CC(C)(C)O)C#CC(C)(C)O)(C(C)C)C(C)C. The minimum Gasteiger partial charge on any atom is -0.378 e. The predicted octanol–water partition coefficient (Wildman–Crippen LogP) is 8.27. The average Bonchev–Trinajstić information content (AvgIpc) is 2.70. The van der Waals surface area contributed by atoms with Gasteiger partial charge in [0.15, 0.2) is 0 Å². The van der Waals surface area contributed by atoms with Gasteiger partial charge in [-0.2, -0.15) is 0 Å². The third-order valence-corrected chi connectivity index (χ3v) is 20.4. The standard InChI is InChI=1S/C34H56O2Si2/c1-25(2)37(26(3)4,27(5)6)23-19-32(20-24-38(28(7)8,29(9)10)30(11)12)31(17-21-33(13,14)35)18-22-34(15,16)36/h25-30,35-36H,1-16H3. The molecule has 0 aromatic heterocycles. The summed E-state index contributed by atoms with van der Waals surface area (Å²) in [6, 6.07) is 0. The summed E-state index contributed by atoms with van der Waals surface area (Å²) in [5.41, 5.74) is 9.23. The van der Waals surface area contributed by atoms with Gasteiger partial charge in [-0.25, -0.2) is 0 Å². The van der Waals surface area contributed by atoms with Gasteiger partial charge in [0.25, 0.3) is 0 Å². The molecule has 0 fully saturated rings. The van der Waals surface area contributed by atoms with Crippen molar-refractivity contribution in [3.63, 3.8) is 0 Å². The maximum Gasteiger partial charge on any atom is 0.146 e. The molecule has 0 aromatic rings. The molecule has 0 spiro atoms. The highest BCUT2D eigenvalue weighted by atomic mass is 28.3. The second kappa shape index (κ2) is 14.1.